The number of benzene rings is 2. The van der Waals surface area contributed by atoms with Crippen LogP contribution in [0.2, 0.25) is 0 Å². The molecule has 3 atom stereocenters. The summed E-state index contributed by atoms with van der Waals surface area (Å²) in [6.45, 7) is 2.41. The molecule has 1 aromatic heterocycles. The minimum Gasteiger partial charge on any atom is -0.454 e. The van der Waals surface area contributed by atoms with Crippen LogP contribution >= 0.6 is 0 Å². The molecule has 3 aromatic rings. The van der Waals surface area contributed by atoms with E-state index in [4.69, 9.17) is 4.74 Å². The van der Waals surface area contributed by atoms with Gasteiger partial charge in [0.15, 0.2) is 11.7 Å². The number of carbonyl (C=O) groups is 1. The summed E-state index contributed by atoms with van der Waals surface area (Å²) < 4.78 is 6.57. The Morgan fingerprint density at radius 3 is 2.48 bits per heavy atom. The van der Waals surface area contributed by atoms with Crippen LogP contribution in [0.5, 0.6) is 0 Å². The lowest BCUT2D eigenvalue weighted by atomic mass is 9.81. The van der Waals surface area contributed by atoms with Gasteiger partial charge in [-0.05, 0) is 28.7 Å². The SMILES string of the molecule is C[N+]1(CCCc2cnccn2)CCCC1C(OC=O)C1(O)c2ccccc2-c2ccccc21. The number of likely N-dealkylation sites (tertiary alicyclic amines) is 1. The fourth-order valence-corrected chi connectivity index (χ4v) is 6.06. The van der Waals surface area contributed by atoms with E-state index in [1.54, 1.807) is 12.4 Å². The average Bonchev–Trinajstić information content (AvgIpc) is 3.35. The third kappa shape index (κ3) is 3.63. The molecule has 0 bridgehead atoms. The molecular formula is C27H30N3O3+. The summed E-state index contributed by atoms with van der Waals surface area (Å²) in [5.41, 5.74) is 3.24. The van der Waals surface area contributed by atoms with Gasteiger partial charge in [-0.3, -0.25) is 14.8 Å². The first kappa shape index (κ1) is 21.7. The first-order valence-corrected chi connectivity index (χ1v) is 11.7. The Morgan fingerprint density at radius 2 is 1.85 bits per heavy atom. The van der Waals surface area contributed by atoms with E-state index in [-0.39, 0.29) is 6.04 Å². The molecule has 1 aliphatic carbocycles. The van der Waals surface area contributed by atoms with Crippen LogP contribution in [0.3, 0.4) is 0 Å². The molecule has 1 aliphatic heterocycles. The number of aromatic nitrogens is 2. The zero-order chi connectivity index (χ0) is 22.9. The van der Waals surface area contributed by atoms with Crippen LogP contribution in [0.25, 0.3) is 11.1 Å². The highest BCUT2D eigenvalue weighted by atomic mass is 16.5. The van der Waals surface area contributed by atoms with Gasteiger partial charge < -0.3 is 14.3 Å². The van der Waals surface area contributed by atoms with Gasteiger partial charge in [0.1, 0.15) is 6.04 Å². The monoisotopic (exact) mass is 444 g/mol. The van der Waals surface area contributed by atoms with E-state index >= 15 is 0 Å². The largest absolute Gasteiger partial charge is 0.454 e. The van der Waals surface area contributed by atoms with Crippen molar-refractivity contribution in [2.75, 3.05) is 20.1 Å². The van der Waals surface area contributed by atoms with Gasteiger partial charge >= 0.3 is 0 Å². The molecule has 3 unspecified atom stereocenters. The molecule has 0 radical (unpaired) electrons. The lowest BCUT2D eigenvalue weighted by molar-refractivity contribution is -0.925. The first-order valence-electron chi connectivity index (χ1n) is 11.7. The number of rotatable bonds is 8. The van der Waals surface area contributed by atoms with Gasteiger partial charge in [0.05, 0.1) is 25.8 Å². The maximum Gasteiger partial charge on any atom is 0.293 e. The Hall–Kier alpha value is -3.09. The molecule has 33 heavy (non-hydrogen) atoms. The van der Waals surface area contributed by atoms with E-state index in [1.807, 2.05) is 54.7 Å². The molecule has 0 spiro atoms. The molecule has 0 saturated carbocycles. The molecule has 2 aliphatic rings. The number of likely N-dealkylation sites (N-methyl/N-ethyl adjacent to an activating group) is 1. The minimum absolute atomic E-state index is 0.0127. The van der Waals surface area contributed by atoms with Crippen molar-refractivity contribution in [2.45, 2.75) is 43.4 Å². The number of nitrogens with zero attached hydrogens (tertiary/aromatic N) is 3. The van der Waals surface area contributed by atoms with Crippen LogP contribution in [0.4, 0.5) is 0 Å². The summed E-state index contributed by atoms with van der Waals surface area (Å²) in [5.74, 6) is 0. The zero-order valence-electron chi connectivity index (χ0n) is 18.9. The van der Waals surface area contributed by atoms with Gasteiger partial charge in [-0.1, -0.05) is 48.5 Å². The highest BCUT2D eigenvalue weighted by Gasteiger charge is 2.57. The van der Waals surface area contributed by atoms with Crippen LogP contribution in [0.15, 0.2) is 67.1 Å². The van der Waals surface area contributed by atoms with Crippen molar-refractivity contribution in [3.8, 4) is 11.1 Å². The van der Waals surface area contributed by atoms with Gasteiger partial charge in [0.25, 0.3) is 6.47 Å². The molecule has 6 nitrogen and oxygen atoms in total. The zero-order valence-corrected chi connectivity index (χ0v) is 18.9. The maximum absolute atomic E-state index is 12.4. The highest BCUT2D eigenvalue weighted by molar-refractivity contribution is 5.80. The number of quaternary nitrogens is 1. The third-order valence-electron chi connectivity index (χ3n) is 7.62. The normalized spacial score (nSPS) is 23.5. The lowest BCUT2D eigenvalue weighted by Crippen LogP contribution is -2.60. The standard InChI is InChI=1S/C27H30N3O3/c1-30(16-6-8-20-18-28-14-15-29-20)17-7-13-25(30)26(33-19-31)27(32)23-11-4-2-9-21(23)22-10-3-5-12-24(22)27/h2-5,9-12,14-15,18-19,25-26,32H,6-8,13,16-17H2,1H3/q+1. The van der Waals surface area contributed by atoms with Crippen LogP contribution in [0, 0.1) is 0 Å². The fourth-order valence-electron chi connectivity index (χ4n) is 6.06. The Morgan fingerprint density at radius 1 is 1.15 bits per heavy atom. The predicted octanol–water partition coefficient (Wildman–Crippen LogP) is 3.48. The Balaban J connectivity index is 1.48. The number of fused-ring (bicyclic) bond motifs is 3. The van der Waals surface area contributed by atoms with E-state index in [0.29, 0.717) is 6.47 Å². The van der Waals surface area contributed by atoms with E-state index in [0.717, 1.165) is 71.2 Å². The summed E-state index contributed by atoms with van der Waals surface area (Å²) in [5, 5.41) is 12.4. The van der Waals surface area contributed by atoms with Crippen molar-refractivity contribution in [2.24, 2.45) is 0 Å². The molecule has 1 saturated heterocycles. The number of aliphatic hydroxyl groups is 1. The summed E-state index contributed by atoms with van der Waals surface area (Å²) in [6, 6.07) is 15.8. The summed E-state index contributed by atoms with van der Waals surface area (Å²) in [7, 11) is 2.23. The average molecular weight is 445 g/mol. The quantitative estimate of drug-likeness (QED) is 0.425. The van der Waals surface area contributed by atoms with Gasteiger partial charge in [-0.15, -0.1) is 0 Å². The molecule has 5 rings (SSSR count). The van der Waals surface area contributed by atoms with E-state index < -0.39 is 11.7 Å². The van der Waals surface area contributed by atoms with E-state index in [1.165, 1.54) is 0 Å². The number of ether oxygens (including phenoxy) is 1. The fraction of sp³-hybridized carbons (Fsp3) is 0.370. The second-order valence-electron chi connectivity index (χ2n) is 9.45. The van der Waals surface area contributed by atoms with Crippen LogP contribution in [0.1, 0.15) is 36.1 Å². The second kappa shape index (κ2) is 8.69. The number of aryl methyl sites for hydroxylation is 1. The van der Waals surface area contributed by atoms with Gasteiger partial charge in [0, 0.05) is 37.9 Å². The maximum atomic E-state index is 12.4. The second-order valence-corrected chi connectivity index (χ2v) is 9.45. The van der Waals surface area contributed by atoms with Crippen molar-refractivity contribution in [1.29, 1.82) is 0 Å². The van der Waals surface area contributed by atoms with Gasteiger partial charge in [-0.25, -0.2) is 0 Å². The van der Waals surface area contributed by atoms with E-state index in [2.05, 4.69) is 17.0 Å². The Kier molecular flexibility index (Phi) is 5.72. The number of carbonyl (C=O) groups excluding carboxylic acids is 1. The smallest absolute Gasteiger partial charge is 0.293 e. The minimum atomic E-state index is -1.38. The van der Waals surface area contributed by atoms with Crippen molar-refractivity contribution in [3.05, 3.63) is 83.9 Å². The summed E-state index contributed by atoms with van der Waals surface area (Å²) in [6.07, 6.45) is 8.28. The third-order valence-corrected chi connectivity index (χ3v) is 7.62. The molecule has 1 N–H and O–H groups in total. The molecule has 1 fully saturated rings. The molecule has 170 valence electrons. The lowest BCUT2D eigenvalue weighted by Gasteiger charge is -2.44. The summed E-state index contributed by atoms with van der Waals surface area (Å²) >= 11 is 0. The highest BCUT2D eigenvalue weighted by Crippen LogP contribution is 2.52. The van der Waals surface area contributed by atoms with Crippen molar-refractivity contribution >= 4 is 6.47 Å². The Labute approximate surface area is 194 Å². The van der Waals surface area contributed by atoms with Crippen molar-refractivity contribution in [1.82, 2.24) is 9.97 Å². The molecule has 2 aromatic carbocycles. The molecule has 2 heterocycles. The Bertz CT molecular complexity index is 1090. The van der Waals surface area contributed by atoms with Crippen LogP contribution < -0.4 is 0 Å². The van der Waals surface area contributed by atoms with Crippen molar-refractivity contribution in [3.63, 3.8) is 0 Å². The number of hydrogen-bond acceptors (Lipinski definition) is 5. The molecule has 6 heteroatoms. The van der Waals surface area contributed by atoms with Crippen molar-refractivity contribution < 1.29 is 19.1 Å². The molecular weight excluding hydrogens is 414 g/mol. The number of hydrogen-bond donors (Lipinski definition) is 1. The predicted molar refractivity (Wildman–Crippen MR) is 125 cm³/mol. The van der Waals surface area contributed by atoms with E-state index in [9.17, 15) is 9.90 Å². The van der Waals surface area contributed by atoms with Gasteiger partial charge in [0.2, 0.25) is 0 Å². The first-order chi connectivity index (χ1) is 16.1. The topological polar surface area (TPSA) is 72.3 Å². The van der Waals surface area contributed by atoms with Crippen LogP contribution in [-0.2, 0) is 21.6 Å². The summed E-state index contributed by atoms with van der Waals surface area (Å²) in [4.78, 5) is 20.3. The molecule has 0 amide bonds. The van der Waals surface area contributed by atoms with Gasteiger partial charge in [-0.2, -0.15) is 0 Å². The van der Waals surface area contributed by atoms with Crippen LogP contribution in [-0.4, -0.2) is 58.3 Å².